The number of hydrogen-bond acceptors (Lipinski definition) is 0. The molecule has 2 unspecified atom stereocenters. The van der Waals surface area contributed by atoms with E-state index < -0.39 is 0 Å². The Labute approximate surface area is 173 Å². The van der Waals surface area contributed by atoms with Crippen molar-refractivity contribution in [3.05, 3.63) is 82.0 Å². The molecule has 0 heteroatoms. The highest BCUT2D eigenvalue weighted by molar-refractivity contribution is 5.44. The molecule has 0 amide bonds. The van der Waals surface area contributed by atoms with Crippen LogP contribution in [0.3, 0.4) is 0 Å². The summed E-state index contributed by atoms with van der Waals surface area (Å²) >= 11 is 0. The zero-order chi connectivity index (χ0) is 20.1. The first-order chi connectivity index (χ1) is 13.5. The molecule has 150 valence electrons. The Morgan fingerprint density at radius 2 is 1.64 bits per heavy atom. The van der Waals surface area contributed by atoms with Crippen LogP contribution in [0.2, 0.25) is 0 Å². The van der Waals surface area contributed by atoms with Crippen molar-refractivity contribution in [3.8, 4) is 0 Å². The molecular weight excluding hydrogens is 336 g/mol. The lowest BCUT2D eigenvalue weighted by atomic mass is 9.84. The summed E-state index contributed by atoms with van der Waals surface area (Å²) < 4.78 is 0. The minimum absolute atomic E-state index is 0.390. The van der Waals surface area contributed by atoms with Crippen LogP contribution in [0.25, 0.3) is 0 Å². The Morgan fingerprint density at radius 3 is 2.32 bits per heavy atom. The second-order valence-corrected chi connectivity index (χ2v) is 9.10. The molecule has 0 heterocycles. The van der Waals surface area contributed by atoms with Gasteiger partial charge in [-0.2, -0.15) is 0 Å². The van der Waals surface area contributed by atoms with E-state index in [0.717, 1.165) is 18.3 Å². The van der Waals surface area contributed by atoms with E-state index in [1.54, 1.807) is 22.3 Å². The quantitative estimate of drug-likeness (QED) is 0.458. The summed E-state index contributed by atoms with van der Waals surface area (Å²) in [5, 5.41) is 0. The van der Waals surface area contributed by atoms with E-state index in [1.165, 1.54) is 43.2 Å². The predicted molar refractivity (Wildman–Crippen MR) is 124 cm³/mol. The highest BCUT2D eigenvalue weighted by atomic mass is 14.3. The Bertz CT molecular complexity index is 784. The molecule has 0 fully saturated rings. The fraction of sp³-hybridized carbons (Fsp3) is 0.500. The summed E-state index contributed by atoms with van der Waals surface area (Å²) in [4.78, 5) is 0. The van der Waals surface area contributed by atoms with Crippen molar-refractivity contribution < 1.29 is 0 Å². The first-order valence-corrected chi connectivity index (χ1v) is 11.3. The molecule has 2 aliphatic rings. The van der Waals surface area contributed by atoms with Crippen molar-refractivity contribution in [1.29, 1.82) is 0 Å². The van der Waals surface area contributed by atoms with Gasteiger partial charge in [-0.15, -0.1) is 0 Å². The number of benzene rings is 1. The molecule has 1 aromatic carbocycles. The van der Waals surface area contributed by atoms with Crippen LogP contribution in [-0.2, 0) is 12.8 Å². The zero-order valence-corrected chi connectivity index (χ0v) is 18.6. The summed E-state index contributed by atoms with van der Waals surface area (Å²) in [6.45, 7) is 11.9. The van der Waals surface area contributed by atoms with Gasteiger partial charge in [0.25, 0.3) is 0 Å². The first kappa shape index (κ1) is 20.9. The molecule has 0 saturated heterocycles. The maximum atomic E-state index is 2.47. The largest absolute Gasteiger partial charge is 0.0738 e. The first-order valence-electron chi connectivity index (χ1n) is 11.3. The van der Waals surface area contributed by atoms with Gasteiger partial charge in [-0.1, -0.05) is 80.5 Å². The average Bonchev–Trinajstić information content (AvgIpc) is 3.01. The standard InChI is InChI=1S/C28H38/c1-6-24-19-26(25-11-9-7-8-10-12-25)18-23(5)28(24)16-15-27-21(3)14-13-20(2)17-22(27)4/h7-12,18-20,22,25H,6,13-17H2,1-5H3. The maximum Gasteiger partial charge on any atom is 0.0205 e. The van der Waals surface area contributed by atoms with Crippen LogP contribution >= 0.6 is 0 Å². The Kier molecular flexibility index (Phi) is 7.16. The van der Waals surface area contributed by atoms with Crippen LogP contribution in [0.15, 0.2) is 59.7 Å². The molecular formula is C28H38. The summed E-state index contributed by atoms with van der Waals surface area (Å²) in [6.07, 6.45) is 20.7. The van der Waals surface area contributed by atoms with Crippen LogP contribution in [0.1, 0.15) is 81.5 Å². The summed E-state index contributed by atoms with van der Waals surface area (Å²) in [5.74, 6) is 2.00. The van der Waals surface area contributed by atoms with Crippen molar-refractivity contribution in [2.24, 2.45) is 11.8 Å². The van der Waals surface area contributed by atoms with Gasteiger partial charge in [0.15, 0.2) is 0 Å². The molecule has 2 aliphatic carbocycles. The summed E-state index contributed by atoms with van der Waals surface area (Å²) in [5.41, 5.74) is 9.46. The number of allylic oxidation sites excluding steroid dienone is 8. The maximum absolute atomic E-state index is 2.47. The number of hydrogen-bond donors (Lipinski definition) is 0. The van der Waals surface area contributed by atoms with Crippen molar-refractivity contribution in [1.82, 2.24) is 0 Å². The van der Waals surface area contributed by atoms with Crippen molar-refractivity contribution in [3.63, 3.8) is 0 Å². The number of aryl methyl sites for hydroxylation is 2. The van der Waals surface area contributed by atoms with Gasteiger partial charge < -0.3 is 0 Å². The third-order valence-corrected chi connectivity index (χ3v) is 6.88. The molecule has 28 heavy (non-hydrogen) atoms. The molecule has 0 aliphatic heterocycles. The summed E-state index contributed by atoms with van der Waals surface area (Å²) in [6, 6.07) is 4.89. The van der Waals surface area contributed by atoms with E-state index in [4.69, 9.17) is 0 Å². The van der Waals surface area contributed by atoms with Crippen molar-refractivity contribution in [2.45, 2.75) is 79.1 Å². The second kappa shape index (κ2) is 9.59. The molecule has 2 atom stereocenters. The minimum Gasteiger partial charge on any atom is -0.0738 e. The third-order valence-electron chi connectivity index (χ3n) is 6.88. The van der Waals surface area contributed by atoms with Crippen LogP contribution in [0, 0.1) is 18.8 Å². The van der Waals surface area contributed by atoms with E-state index in [2.05, 4.69) is 83.2 Å². The van der Waals surface area contributed by atoms with E-state index in [-0.39, 0.29) is 0 Å². The van der Waals surface area contributed by atoms with Crippen molar-refractivity contribution in [2.75, 3.05) is 0 Å². The lowest BCUT2D eigenvalue weighted by molar-refractivity contribution is 0.441. The van der Waals surface area contributed by atoms with Crippen molar-refractivity contribution >= 4 is 0 Å². The van der Waals surface area contributed by atoms with Gasteiger partial charge in [0.1, 0.15) is 0 Å². The van der Waals surface area contributed by atoms with Gasteiger partial charge >= 0.3 is 0 Å². The highest BCUT2D eigenvalue weighted by Gasteiger charge is 2.20. The zero-order valence-electron chi connectivity index (χ0n) is 18.6. The van der Waals surface area contributed by atoms with Crippen LogP contribution in [-0.4, -0.2) is 0 Å². The average molecular weight is 375 g/mol. The van der Waals surface area contributed by atoms with Gasteiger partial charge in [0, 0.05) is 5.92 Å². The molecule has 0 aromatic heterocycles. The Morgan fingerprint density at radius 1 is 0.929 bits per heavy atom. The summed E-state index contributed by atoms with van der Waals surface area (Å²) in [7, 11) is 0. The lowest BCUT2D eigenvalue weighted by Gasteiger charge is -2.21. The van der Waals surface area contributed by atoms with E-state index in [0.29, 0.717) is 5.92 Å². The molecule has 1 aromatic rings. The number of rotatable bonds is 5. The third kappa shape index (κ3) is 4.96. The van der Waals surface area contributed by atoms with Gasteiger partial charge in [-0.25, -0.2) is 0 Å². The fourth-order valence-electron chi connectivity index (χ4n) is 5.20. The molecule has 0 nitrogen and oxygen atoms in total. The van der Waals surface area contributed by atoms with E-state index in [1.807, 2.05) is 0 Å². The van der Waals surface area contributed by atoms with Gasteiger partial charge in [0.2, 0.25) is 0 Å². The van der Waals surface area contributed by atoms with Gasteiger partial charge in [-0.05, 0) is 86.5 Å². The van der Waals surface area contributed by atoms with Gasteiger partial charge in [0.05, 0.1) is 0 Å². The highest BCUT2D eigenvalue weighted by Crippen LogP contribution is 2.35. The molecule has 0 N–H and O–H groups in total. The topological polar surface area (TPSA) is 0 Å². The Balaban J connectivity index is 1.82. The minimum atomic E-state index is 0.390. The predicted octanol–water partition coefficient (Wildman–Crippen LogP) is 8.03. The lowest BCUT2D eigenvalue weighted by Crippen LogP contribution is -2.07. The van der Waals surface area contributed by atoms with Crippen LogP contribution in [0.4, 0.5) is 0 Å². The molecule has 0 spiro atoms. The monoisotopic (exact) mass is 374 g/mol. The van der Waals surface area contributed by atoms with Gasteiger partial charge in [-0.3, -0.25) is 0 Å². The molecule has 0 bridgehead atoms. The smallest absolute Gasteiger partial charge is 0.0205 e. The van der Waals surface area contributed by atoms with Crippen LogP contribution < -0.4 is 0 Å². The fourth-order valence-corrected chi connectivity index (χ4v) is 5.20. The molecule has 0 saturated carbocycles. The van der Waals surface area contributed by atoms with Crippen LogP contribution in [0.5, 0.6) is 0 Å². The second-order valence-electron chi connectivity index (χ2n) is 9.10. The SMILES string of the molecule is CCc1cc(C2C=CC=CC=C2)cc(C)c1CCC1=C(C)CCC(C)CC1C. The molecule has 0 radical (unpaired) electrons. The molecule has 3 rings (SSSR count). The van der Waals surface area contributed by atoms with E-state index >= 15 is 0 Å². The normalized spacial score (nSPS) is 23.2. The Hall–Kier alpha value is -1.82. The van der Waals surface area contributed by atoms with E-state index in [9.17, 15) is 0 Å².